The predicted molar refractivity (Wildman–Crippen MR) is 204 cm³/mol. The van der Waals surface area contributed by atoms with Crippen LogP contribution in [0, 0.1) is 10.8 Å². The third kappa shape index (κ3) is 14.3. The van der Waals surface area contributed by atoms with Crippen LogP contribution >= 0.6 is 15.9 Å². The lowest BCUT2D eigenvalue weighted by molar-refractivity contribution is -0.145. The number of alkyl carbamates (subject to hydrolysis) is 1. The minimum atomic E-state index is -1.91. The monoisotopic (exact) mass is 769 g/mol. The molecule has 0 fully saturated rings. The summed E-state index contributed by atoms with van der Waals surface area (Å²) in [5.74, 6) is -1.51. The molecule has 0 aliphatic carbocycles. The van der Waals surface area contributed by atoms with E-state index in [4.69, 9.17) is 4.74 Å². The van der Waals surface area contributed by atoms with E-state index in [1.165, 1.54) is 7.11 Å². The highest BCUT2D eigenvalue weighted by Gasteiger charge is 2.41. The smallest absolute Gasteiger partial charge is 0.407 e. The second-order valence-electron chi connectivity index (χ2n) is 14.9. The highest BCUT2D eigenvalue weighted by Crippen LogP contribution is 2.26. The van der Waals surface area contributed by atoms with E-state index in [9.17, 15) is 24.3 Å². The Morgan fingerprint density at radius 3 is 1.92 bits per heavy atom. The van der Waals surface area contributed by atoms with Crippen LogP contribution in [0.2, 0.25) is 0 Å². The van der Waals surface area contributed by atoms with E-state index < -0.39 is 46.4 Å². The molecule has 0 aromatic heterocycles. The molecule has 0 radical (unpaired) electrons. The van der Waals surface area contributed by atoms with Crippen molar-refractivity contribution in [3.05, 3.63) is 95.0 Å². The minimum absolute atomic E-state index is 0.00738. The van der Waals surface area contributed by atoms with Crippen LogP contribution < -0.4 is 21.4 Å². The van der Waals surface area contributed by atoms with Crippen LogP contribution in [-0.4, -0.2) is 71.8 Å². The Morgan fingerprint density at radius 2 is 1.39 bits per heavy atom. The fourth-order valence-electron chi connectivity index (χ4n) is 5.41. The first-order valence-electron chi connectivity index (χ1n) is 17.1. The maximum Gasteiger partial charge on any atom is 0.407 e. The van der Waals surface area contributed by atoms with Gasteiger partial charge >= 0.3 is 6.09 Å². The summed E-state index contributed by atoms with van der Waals surface area (Å²) in [5, 5.41) is 22.1. The number of amides is 4. The number of methoxy groups -OCH3 is 1. The van der Waals surface area contributed by atoms with Gasteiger partial charge in [-0.1, -0.05) is 106 Å². The van der Waals surface area contributed by atoms with Gasteiger partial charge < -0.3 is 25.8 Å². The van der Waals surface area contributed by atoms with Gasteiger partial charge in [-0.2, -0.15) is 0 Å². The molecule has 2 rings (SSSR count). The largest absolute Gasteiger partial charge is 0.453 e. The molecule has 2 aromatic rings. The van der Waals surface area contributed by atoms with Crippen molar-refractivity contribution in [2.24, 2.45) is 10.8 Å². The van der Waals surface area contributed by atoms with Gasteiger partial charge in [0.2, 0.25) is 5.91 Å². The van der Waals surface area contributed by atoms with Gasteiger partial charge in [-0.3, -0.25) is 19.8 Å². The van der Waals surface area contributed by atoms with Crippen molar-refractivity contribution in [1.82, 2.24) is 26.4 Å². The SMILES string of the molecule is C=CCNC(=O)[C@@H](NC(=O)[C@@](O)(CCCN(Cc1ccc(Br)cc1)NC(=O)[C@@H](NC(=O)OC)C(C)(C)C)Cc1ccc(CC=C)cc1)C(C)(C)C. The van der Waals surface area contributed by atoms with Crippen molar-refractivity contribution >= 4 is 39.7 Å². The standard InChI is InChI=1S/C39H56BrN5O6/c1-10-13-27-14-16-28(17-15-27)25-39(50,35(48)42-31(37(3,4)5)33(46)41-23-11-2)22-12-24-45(26-29-18-20-30(40)21-19-29)44-34(47)32(38(6,7)8)43-36(49)51-9/h10-11,14-21,31-32,50H,1-2,12-13,22-26H2,3-9H3,(H,41,46)(H,42,48)(H,43,49)(H,44,47)/t31-,32-,39-/m1/s1. The summed E-state index contributed by atoms with van der Waals surface area (Å²) in [7, 11) is 1.23. The Bertz CT molecular complexity index is 1480. The van der Waals surface area contributed by atoms with Gasteiger partial charge in [-0.05, 0) is 58.9 Å². The maximum atomic E-state index is 14.1. The Kier molecular flexibility index (Phi) is 16.6. The zero-order valence-electron chi connectivity index (χ0n) is 31.1. The van der Waals surface area contributed by atoms with Crippen molar-refractivity contribution in [2.45, 2.75) is 91.5 Å². The van der Waals surface area contributed by atoms with Gasteiger partial charge in [0.15, 0.2) is 0 Å². The van der Waals surface area contributed by atoms with Gasteiger partial charge in [-0.25, -0.2) is 9.80 Å². The van der Waals surface area contributed by atoms with Crippen LogP contribution in [0.5, 0.6) is 0 Å². The average Bonchev–Trinajstić information content (AvgIpc) is 3.05. The second kappa shape index (κ2) is 19.6. The molecule has 0 aliphatic heterocycles. The summed E-state index contributed by atoms with van der Waals surface area (Å²) < 4.78 is 5.67. The summed E-state index contributed by atoms with van der Waals surface area (Å²) in [5.41, 5.74) is 2.41. The number of halogens is 1. The zero-order valence-corrected chi connectivity index (χ0v) is 32.7. The predicted octanol–water partition coefficient (Wildman–Crippen LogP) is 5.37. The molecule has 0 bridgehead atoms. The number of aliphatic hydroxyl groups is 1. The number of hydrogen-bond donors (Lipinski definition) is 5. The molecule has 3 atom stereocenters. The summed E-state index contributed by atoms with van der Waals surface area (Å²) >= 11 is 3.45. The molecule has 0 spiro atoms. The fourth-order valence-corrected chi connectivity index (χ4v) is 5.68. The first kappa shape index (κ1) is 43.2. The molecule has 12 heteroatoms. The number of carbonyl (C=O) groups excluding carboxylic acids is 4. The second-order valence-corrected chi connectivity index (χ2v) is 15.8. The summed E-state index contributed by atoms with van der Waals surface area (Å²) in [6, 6.07) is 13.4. The van der Waals surface area contributed by atoms with Gasteiger partial charge in [0.1, 0.15) is 17.7 Å². The summed E-state index contributed by atoms with van der Waals surface area (Å²) in [6.45, 7) is 19.2. The number of hydrazine groups is 1. The third-order valence-electron chi connectivity index (χ3n) is 8.30. The molecule has 11 nitrogen and oxygen atoms in total. The lowest BCUT2D eigenvalue weighted by atomic mass is 9.83. The first-order valence-corrected chi connectivity index (χ1v) is 17.9. The maximum absolute atomic E-state index is 14.1. The number of hydrogen-bond acceptors (Lipinski definition) is 7. The average molecular weight is 771 g/mol. The van der Waals surface area contributed by atoms with Crippen molar-refractivity contribution in [3.63, 3.8) is 0 Å². The van der Waals surface area contributed by atoms with E-state index in [0.717, 1.165) is 21.2 Å². The number of ether oxygens (including phenoxy) is 1. The molecule has 5 N–H and O–H groups in total. The number of carbonyl (C=O) groups is 4. The molecular weight excluding hydrogens is 714 g/mol. The van der Waals surface area contributed by atoms with Gasteiger partial charge in [-0.15, -0.1) is 13.2 Å². The Hall–Kier alpha value is -4.00. The van der Waals surface area contributed by atoms with Crippen LogP contribution in [-0.2, 0) is 38.5 Å². The lowest BCUT2D eigenvalue weighted by Crippen LogP contribution is -2.59. The van der Waals surface area contributed by atoms with E-state index in [1.54, 1.807) is 17.2 Å². The minimum Gasteiger partial charge on any atom is -0.453 e. The number of nitrogens with one attached hydrogen (secondary N) is 4. The van der Waals surface area contributed by atoms with E-state index in [-0.39, 0.29) is 38.3 Å². The van der Waals surface area contributed by atoms with Crippen molar-refractivity contribution < 1.29 is 29.0 Å². The Labute approximate surface area is 311 Å². The molecule has 0 saturated carbocycles. The van der Waals surface area contributed by atoms with Crippen LogP contribution in [0.3, 0.4) is 0 Å². The third-order valence-corrected chi connectivity index (χ3v) is 8.82. The van der Waals surface area contributed by atoms with Crippen molar-refractivity contribution in [1.29, 1.82) is 0 Å². The fraction of sp³-hybridized carbons (Fsp3) is 0.487. The van der Waals surface area contributed by atoms with Gasteiger partial charge in [0, 0.05) is 30.5 Å². The van der Waals surface area contributed by atoms with E-state index >= 15 is 0 Å². The molecule has 280 valence electrons. The van der Waals surface area contributed by atoms with E-state index in [1.807, 2.05) is 90.1 Å². The summed E-state index contributed by atoms with van der Waals surface area (Å²) in [4.78, 5) is 53.0. The molecule has 0 saturated heterocycles. The number of nitrogens with zero attached hydrogens (tertiary/aromatic N) is 1. The van der Waals surface area contributed by atoms with Gasteiger partial charge in [0.05, 0.1) is 7.11 Å². The van der Waals surface area contributed by atoms with Crippen LogP contribution in [0.15, 0.2) is 78.3 Å². The van der Waals surface area contributed by atoms with E-state index in [0.29, 0.717) is 13.0 Å². The topological polar surface area (TPSA) is 149 Å². The molecule has 0 heterocycles. The van der Waals surface area contributed by atoms with Gasteiger partial charge in [0.25, 0.3) is 11.8 Å². The molecule has 0 unspecified atom stereocenters. The van der Waals surface area contributed by atoms with Crippen molar-refractivity contribution in [2.75, 3.05) is 20.2 Å². The Balaban J connectivity index is 2.42. The highest BCUT2D eigenvalue weighted by atomic mass is 79.9. The quantitative estimate of drug-likeness (QED) is 0.101. The lowest BCUT2D eigenvalue weighted by Gasteiger charge is -2.35. The van der Waals surface area contributed by atoms with Crippen molar-refractivity contribution in [3.8, 4) is 0 Å². The number of rotatable bonds is 18. The normalized spacial score (nSPS) is 14.0. The molecule has 2 aromatic carbocycles. The number of allylic oxidation sites excluding steroid dienone is 1. The Morgan fingerprint density at radius 1 is 0.843 bits per heavy atom. The highest BCUT2D eigenvalue weighted by molar-refractivity contribution is 9.10. The summed E-state index contributed by atoms with van der Waals surface area (Å²) in [6.07, 6.45) is 3.59. The van der Waals surface area contributed by atoms with Crippen LogP contribution in [0.1, 0.15) is 71.1 Å². The van der Waals surface area contributed by atoms with Crippen LogP contribution in [0.4, 0.5) is 4.79 Å². The number of benzene rings is 2. The molecule has 51 heavy (non-hydrogen) atoms. The molecule has 0 aliphatic rings. The molecular formula is C39H56BrN5O6. The van der Waals surface area contributed by atoms with Crippen LogP contribution in [0.25, 0.3) is 0 Å². The zero-order chi connectivity index (χ0) is 38.4. The van der Waals surface area contributed by atoms with E-state index in [2.05, 4.69) is 50.5 Å². The first-order chi connectivity index (χ1) is 23.8. The molecule has 4 amide bonds.